The monoisotopic (exact) mass is 463 g/mol. The SMILES string of the molecule is COc1ccc(C(=O)N2CCN(c3ccc(-c4noc(C(F)(F)F)n4)cn3)CC2)c(OC)c1. The molecule has 0 atom stereocenters. The average Bonchev–Trinajstić information content (AvgIpc) is 3.34. The van der Waals surface area contributed by atoms with Gasteiger partial charge in [-0.25, -0.2) is 4.98 Å². The van der Waals surface area contributed by atoms with Crippen molar-refractivity contribution in [3.63, 3.8) is 0 Å². The minimum atomic E-state index is -4.70. The molecule has 0 N–H and O–H groups in total. The summed E-state index contributed by atoms with van der Waals surface area (Å²) in [5.74, 6) is -0.0732. The molecule has 0 bridgehead atoms. The second-order valence-electron chi connectivity index (χ2n) is 7.17. The van der Waals surface area contributed by atoms with Crippen molar-refractivity contribution >= 4 is 11.7 Å². The van der Waals surface area contributed by atoms with Gasteiger partial charge in [-0.3, -0.25) is 4.79 Å². The van der Waals surface area contributed by atoms with Gasteiger partial charge in [0.15, 0.2) is 0 Å². The number of benzene rings is 1. The molecule has 0 spiro atoms. The van der Waals surface area contributed by atoms with Crippen molar-refractivity contribution in [3.8, 4) is 22.9 Å². The molecule has 12 heteroatoms. The van der Waals surface area contributed by atoms with Gasteiger partial charge in [0.05, 0.1) is 19.8 Å². The van der Waals surface area contributed by atoms with Crippen LogP contribution in [0.3, 0.4) is 0 Å². The van der Waals surface area contributed by atoms with Crippen molar-refractivity contribution < 1.29 is 32.0 Å². The van der Waals surface area contributed by atoms with Gasteiger partial charge in [-0.2, -0.15) is 18.2 Å². The largest absolute Gasteiger partial charge is 0.497 e. The molecule has 2 aromatic heterocycles. The molecular weight excluding hydrogens is 443 g/mol. The number of hydrogen-bond donors (Lipinski definition) is 0. The quantitative estimate of drug-likeness (QED) is 0.570. The van der Waals surface area contributed by atoms with Crippen molar-refractivity contribution in [3.05, 3.63) is 48.0 Å². The summed E-state index contributed by atoms with van der Waals surface area (Å²) < 4.78 is 52.7. The van der Waals surface area contributed by atoms with Gasteiger partial charge in [0, 0.05) is 44.0 Å². The Bertz CT molecular complexity index is 1130. The predicted molar refractivity (Wildman–Crippen MR) is 110 cm³/mol. The molecule has 33 heavy (non-hydrogen) atoms. The Balaban J connectivity index is 1.40. The fraction of sp³-hybridized carbons (Fsp3) is 0.333. The Kier molecular flexibility index (Phi) is 6.07. The molecule has 1 aliphatic rings. The fourth-order valence-electron chi connectivity index (χ4n) is 3.45. The topological polar surface area (TPSA) is 93.8 Å². The minimum absolute atomic E-state index is 0.143. The summed E-state index contributed by atoms with van der Waals surface area (Å²) in [6, 6.07) is 8.29. The fourth-order valence-corrected chi connectivity index (χ4v) is 3.45. The number of alkyl halides is 3. The number of aromatic nitrogens is 3. The van der Waals surface area contributed by atoms with E-state index in [9.17, 15) is 18.0 Å². The Labute approximate surface area is 186 Å². The molecule has 0 saturated carbocycles. The van der Waals surface area contributed by atoms with Crippen molar-refractivity contribution in [2.24, 2.45) is 0 Å². The smallest absolute Gasteiger partial charge is 0.471 e. The normalized spacial score (nSPS) is 14.3. The number of nitrogens with zero attached hydrogens (tertiary/aromatic N) is 5. The number of hydrogen-bond acceptors (Lipinski definition) is 8. The Hall–Kier alpha value is -3.83. The molecular formula is C21H20F3N5O4. The van der Waals surface area contributed by atoms with E-state index in [1.807, 2.05) is 4.90 Å². The molecule has 1 aliphatic heterocycles. The minimum Gasteiger partial charge on any atom is -0.497 e. The lowest BCUT2D eigenvalue weighted by molar-refractivity contribution is -0.159. The molecule has 174 valence electrons. The molecule has 0 radical (unpaired) electrons. The van der Waals surface area contributed by atoms with E-state index in [1.165, 1.54) is 20.4 Å². The van der Waals surface area contributed by atoms with E-state index in [1.54, 1.807) is 35.2 Å². The van der Waals surface area contributed by atoms with Crippen LogP contribution in [0.1, 0.15) is 16.2 Å². The number of ether oxygens (including phenoxy) is 2. The van der Waals surface area contributed by atoms with Crippen LogP contribution in [0.4, 0.5) is 19.0 Å². The van der Waals surface area contributed by atoms with Crippen LogP contribution in [0, 0.1) is 0 Å². The van der Waals surface area contributed by atoms with E-state index in [0.717, 1.165) is 0 Å². The van der Waals surface area contributed by atoms with Crippen LogP contribution in [-0.2, 0) is 6.18 Å². The predicted octanol–water partition coefficient (Wildman–Crippen LogP) is 3.13. The highest BCUT2D eigenvalue weighted by atomic mass is 19.4. The van der Waals surface area contributed by atoms with Crippen LogP contribution in [0.25, 0.3) is 11.4 Å². The number of carbonyl (C=O) groups is 1. The van der Waals surface area contributed by atoms with Crippen molar-refractivity contribution in [1.82, 2.24) is 20.0 Å². The van der Waals surface area contributed by atoms with Crippen LogP contribution < -0.4 is 14.4 Å². The molecule has 3 aromatic rings. The number of methoxy groups -OCH3 is 2. The Morgan fingerprint density at radius 2 is 1.82 bits per heavy atom. The summed E-state index contributed by atoms with van der Waals surface area (Å²) in [4.78, 5) is 24.3. The highest BCUT2D eigenvalue weighted by Crippen LogP contribution is 2.30. The highest BCUT2D eigenvalue weighted by Gasteiger charge is 2.38. The standard InChI is InChI=1S/C21H20F3N5O4/c1-31-14-4-5-15(16(11-14)32-2)19(30)29-9-7-28(8-10-29)17-6-3-13(12-25-17)18-26-20(33-27-18)21(22,23)24/h3-6,11-12H,7-10H2,1-2H3. The first-order chi connectivity index (χ1) is 15.8. The average molecular weight is 463 g/mol. The molecule has 4 rings (SSSR count). The Morgan fingerprint density at radius 3 is 2.39 bits per heavy atom. The maximum Gasteiger partial charge on any atom is 0.471 e. The lowest BCUT2D eigenvalue weighted by Crippen LogP contribution is -2.49. The molecule has 9 nitrogen and oxygen atoms in total. The van der Waals surface area contributed by atoms with E-state index in [-0.39, 0.29) is 11.7 Å². The number of piperazine rings is 1. The molecule has 1 aromatic carbocycles. The maximum absolute atomic E-state index is 13.0. The molecule has 0 unspecified atom stereocenters. The van der Waals surface area contributed by atoms with Gasteiger partial charge in [0.25, 0.3) is 5.91 Å². The van der Waals surface area contributed by atoms with Crippen molar-refractivity contribution in [2.75, 3.05) is 45.3 Å². The van der Waals surface area contributed by atoms with Gasteiger partial charge in [-0.05, 0) is 24.3 Å². The van der Waals surface area contributed by atoms with Gasteiger partial charge in [-0.1, -0.05) is 5.16 Å². The number of pyridine rings is 1. The zero-order chi connectivity index (χ0) is 23.6. The van der Waals surface area contributed by atoms with E-state index in [4.69, 9.17) is 9.47 Å². The van der Waals surface area contributed by atoms with E-state index < -0.39 is 12.1 Å². The Morgan fingerprint density at radius 1 is 1.06 bits per heavy atom. The summed E-state index contributed by atoms with van der Waals surface area (Å²) in [7, 11) is 3.04. The molecule has 3 heterocycles. The zero-order valence-electron chi connectivity index (χ0n) is 17.8. The third-order valence-electron chi connectivity index (χ3n) is 5.20. The maximum atomic E-state index is 13.0. The van der Waals surface area contributed by atoms with Gasteiger partial charge < -0.3 is 23.8 Å². The summed E-state index contributed by atoms with van der Waals surface area (Å²) in [6.07, 6.45) is -3.31. The van der Waals surface area contributed by atoms with Crippen molar-refractivity contribution in [2.45, 2.75) is 6.18 Å². The van der Waals surface area contributed by atoms with Crippen LogP contribution in [-0.4, -0.2) is 66.3 Å². The first-order valence-electron chi connectivity index (χ1n) is 9.93. The van der Waals surface area contributed by atoms with E-state index in [0.29, 0.717) is 54.6 Å². The number of carbonyl (C=O) groups excluding carboxylic acids is 1. The van der Waals surface area contributed by atoms with Crippen LogP contribution in [0.15, 0.2) is 41.1 Å². The number of halogens is 3. The number of amides is 1. The van der Waals surface area contributed by atoms with E-state index in [2.05, 4.69) is 19.6 Å². The second kappa shape index (κ2) is 8.96. The highest BCUT2D eigenvalue weighted by molar-refractivity contribution is 5.97. The lowest BCUT2D eigenvalue weighted by atomic mass is 10.1. The number of rotatable bonds is 5. The van der Waals surface area contributed by atoms with Crippen LogP contribution in [0.5, 0.6) is 11.5 Å². The first kappa shape index (κ1) is 22.4. The summed E-state index contributed by atoms with van der Waals surface area (Å²) in [5, 5.41) is 3.36. The molecule has 1 fully saturated rings. The van der Waals surface area contributed by atoms with Crippen LogP contribution >= 0.6 is 0 Å². The lowest BCUT2D eigenvalue weighted by Gasteiger charge is -2.35. The van der Waals surface area contributed by atoms with Gasteiger partial charge in [-0.15, -0.1) is 0 Å². The third kappa shape index (κ3) is 4.69. The number of anilines is 1. The van der Waals surface area contributed by atoms with Gasteiger partial charge >= 0.3 is 12.1 Å². The van der Waals surface area contributed by atoms with Crippen molar-refractivity contribution in [1.29, 1.82) is 0 Å². The van der Waals surface area contributed by atoms with E-state index >= 15 is 0 Å². The van der Waals surface area contributed by atoms with Crippen LogP contribution in [0.2, 0.25) is 0 Å². The molecule has 1 amide bonds. The molecule has 0 aliphatic carbocycles. The van der Waals surface area contributed by atoms with Gasteiger partial charge in [0.2, 0.25) is 5.82 Å². The first-order valence-corrected chi connectivity index (χ1v) is 9.93. The summed E-state index contributed by atoms with van der Waals surface area (Å²) in [5.41, 5.74) is 0.756. The second-order valence-corrected chi connectivity index (χ2v) is 7.17. The third-order valence-corrected chi connectivity index (χ3v) is 5.20. The summed E-state index contributed by atoms with van der Waals surface area (Å²) in [6.45, 7) is 2.02. The molecule has 1 saturated heterocycles. The summed E-state index contributed by atoms with van der Waals surface area (Å²) >= 11 is 0. The van der Waals surface area contributed by atoms with Gasteiger partial charge in [0.1, 0.15) is 17.3 Å². The zero-order valence-corrected chi connectivity index (χ0v) is 17.8.